The van der Waals surface area contributed by atoms with Crippen molar-refractivity contribution in [2.75, 3.05) is 16.8 Å². The number of carbonyl (C=O) groups is 2. The van der Waals surface area contributed by atoms with Gasteiger partial charge in [-0.25, -0.2) is 0 Å². The van der Waals surface area contributed by atoms with Gasteiger partial charge in [0.05, 0.1) is 6.04 Å². The molecule has 0 unspecified atom stereocenters. The van der Waals surface area contributed by atoms with Gasteiger partial charge < -0.3 is 16.0 Å². The van der Waals surface area contributed by atoms with Crippen LogP contribution in [0.5, 0.6) is 0 Å². The van der Waals surface area contributed by atoms with Crippen molar-refractivity contribution in [3.8, 4) is 0 Å². The monoisotopic (exact) mass is 323 g/mol. The highest BCUT2D eigenvalue weighted by Gasteiger charge is 2.22. The van der Waals surface area contributed by atoms with E-state index in [-0.39, 0.29) is 11.8 Å². The van der Waals surface area contributed by atoms with Crippen molar-refractivity contribution in [2.24, 2.45) is 5.73 Å². The standard InChI is InChI=1S/C19H21N3O2/c20-17(12-14-6-2-1-3-7-14)19(24)21-15-8-4-9-16(13-15)22-11-5-10-18(22)23/h1-4,6-9,13,17H,5,10-12,20H2,(H,21,24)/t17-/m0/s1. The summed E-state index contributed by atoms with van der Waals surface area (Å²) in [5.41, 5.74) is 8.49. The van der Waals surface area contributed by atoms with Crippen molar-refractivity contribution < 1.29 is 9.59 Å². The maximum absolute atomic E-state index is 12.3. The average molecular weight is 323 g/mol. The van der Waals surface area contributed by atoms with Gasteiger partial charge in [-0.15, -0.1) is 0 Å². The molecule has 2 aromatic rings. The maximum atomic E-state index is 12.3. The van der Waals surface area contributed by atoms with E-state index < -0.39 is 6.04 Å². The first kappa shape index (κ1) is 16.2. The molecule has 124 valence electrons. The predicted octanol–water partition coefficient (Wildman–Crippen LogP) is 2.32. The van der Waals surface area contributed by atoms with Gasteiger partial charge in [-0.1, -0.05) is 36.4 Å². The number of hydrogen-bond donors (Lipinski definition) is 2. The number of nitrogens with one attached hydrogen (secondary N) is 1. The third-order valence-corrected chi connectivity index (χ3v) is 4.13. The van der Waals surface area contributed by atoms with Crippen LogP contribution >= 0.6 is 0 Å². The largest absolute Gasteiger partial charge is 0.325 e. The second-order valence-electron chi connectivity index (χ2n) is 5.98. The Hall–Kier alpha value is -2.66. The minimum Gasteiger partial charge on any atom is -0.325 e. The van der Waals surface area contributed by atoms with Crippen molar-refractivity contribution in [3.05, 3.63) is 60.2 Å². The Morgan fingerprint density at radius 2 is 1.96 bits per heavy atom. The van der Waals surface area contributed by atoms with Crippen molar-refractivity contribution >= 4 is 23.2 Å². The molecule has 2 amide bonds. The summed E-state index contributed by atoms with van der Waals surface area (Å²) in [6.45, 7) is 0.726. The molecule has 0 radical (unpaired) electrons. The molecule has 3 rings (SSSR count). The molecule has 3 N–H and O–H groups in total. The first-order valence-corrected chi connectivity index (χ1v) is 8.14. The molecule has 5 heteroatoms. The number of amides is 2. The summed E-state index contributed by atoms with van der Waals surface area (Å²) in [5, 5.41) is 2.84. The quantitative estimate of drug-likeness (QED) is 0.886. The fourth-order valence-corrected chi connectivity index (χ4v) is 2.87. The minimum atomic E-state index is -0.621. The molecule has 2 aromatic carbocycles. The molecular weight excluding hydrogens is 302 g/mol. The molecule has 1 aliphatic heterocycles. The van der Waals surface area contributed by atoms with Crippen LogP contribution in [0.2, 0.25) is 0 Å². The highest BCUT2D eigenvalue weighted by molar-refractivity contribution is 5.98. The van der Waals surface area contributed by atoms with Gasteiger partial charge in [-0.3, -0.25) is 9.59 Å². The van der Waals surface area contributed by atoms with Crippen LogP contribution in [-0.4, -0.2) is 24.4 Å². The summed E-state index contributed by atoms with van der Waals surface area (Å²) in [7, 11) is 0. The van der Waals surface area contributed by atoms with Crippen molar-refractivity contribution in [1.82, 2.24) is 0 Å². The number of hydrogen-bond acceptors (Lipinski definition) is 3. The third kappa shape index (κ3) is 3.81. The van der Waals surface area contributed by atoms with Gasteiger partial charge in [0, 0.05) is 24.3 Å². The molecule has 1 atom stereocenters. The van der Waals surface area contributed by atoms with E-state index >= 15 is 0 Å². The van der Waals surface area contributed by atoms with E-state index in [9.17, 15) is 9.59 Å². The number of rotatable bonds is 5. The zero-order valence-corrected chi connectivity index (χ0v) is 13.4. The van der Waals surface area contributed by atoms with Gasteiger partial charge in [0.25, 0.3) is 0 Å². The lowest BCUT2D eigenvalue weighted by molar-refractivity contribution is -0.118. The maximum Gasteiger partial charge on any atom is 0.241 e. The number of anilines is 2. The lowest BCUT2D eigenvalue weighted by Gasteiger charge is -2.17. The first-order valence-electron chi connectivity index (χ1n) is 8.14. The summed E-state index contributed by atoms with van der Waals surface area (Å²) in [4.78, 5) is 25.9. The van der Waals surface area contributed by atoms with E-state index in [1.807, 2.05) is 48.5 Å². The van der Waals surface area contributed by atoms with Gasteiger partial charge in [0.1, 0.15) is 0 Å². The summed E-state index contributed by atoms with van der Waals surface area (Å²) in [5.74, 6) is -0.108. The number of nitrogens with zero attached hydrogens (tertiary/aromatic N) is 1. The Labute approximate surface area is 141 Å². The second-order valence-corrected chi connectivity index (χ2v) is 5.98. The normalized spacial score (nSPS) is 15.4. The Bertz CT molecular complexity index is 730. The van der Waals surface area contributed by atoms with Crippen molar-refractivity contribution in [2.45, 2.75) is 25.3 Å². The van der Waals surface area contributed by atoms with E-state index in [0.717, 1.165) is 24.2 Å². The van der Waals surface area contributed by atoms with E-state index in [2.05, 4.69) is 5.32 Å². The number of benzene rings is 2. The molecular formula is C19H21N3O2. The van der Waals surface area contributed by atoms with E-state index in [0.29, 0.717) is 18.5 Å². The van der Waals surface area contributed by atoms with Gasteiger partial charge in [0.15, 0.2) is 0 Å². The van der Waals surface area contributed by atoms with Gasteiger partial charge in [-0.2, -0.15) is 0 Å². The molecule has 1 heterocycles. The Kier molecular flexibility index (Phi) is 4.91. The molecule has 0 bridgehead atoms. The predicted molar refractivity (Wildman–Crippen MR) is 94.8 cm³/mol. The summed E-state index contributed by atoms with van der Waals surface area (Å²) in [6, 6.07) is 16.4. The fraction of sp³-hybridized carbons (Fsp3) is 0.263. The Balaban J connectivity index is 1.65. The Morgan fingerprint density at radius 3 is 2.67 bits per heavy atom. The molecule has 1 saturated heterocycles. The smallest absolute Gasteiger partial charge is 0.241 e. The van der Waals surface area contributed by atoms with Crippen molar-refractivity contribution in [1.29, 1.82) is 0 Å². The molecule has 5 nitrogen and oxygen atoms in total. The van der Waals surface area contributed by atoms with Crippen LogP contribution in [0.15, 0.2) is 54.6 Å². The van der Waals surface area contributed by atoms with Crippen LogP contribution in [-0.2, 0) is 16.0 Å². The Morgan fingerprint density at radius 1 is 1.17 bits per heavy atom. The first-order chi connectivity index (χ1) is 11.6. The summed E-state index contributed by atoms with van der Waals surface area (Å²) in [6.07, 6.45) is 1.94. The van der Waals surface area contributed by atoms with Crippen LogP contribution in [0.4, 0.5) is 11.4 Å². The molecule has 24 heavy (non-hydrogen) atoms. The lowest BCUT2D eigenvalue weighted by atomic mass is 10.1. The van der Waals surface area contributed by atoms with Gasteiger partial charge >= 0.3 is 0 Å². The summed E-state index contributed by atoms with van der Waals surface area (Å²) < 4.78 is 0. The zero-order valence-electron chi connectivity index (χ0n) is 13.4. The molecule has 1 aliphatic rings. The molecule has 0 aliphatic carbocycles. The SMILES string of the molecule is N[C@@H](Cc1ccccc1)C(=O)Nc1cccc(N2CCCC2=O)c1. The van der Waals surface area contributed by atoms with Crippen LogP contribution in [0.1, 0.15) is 18.4 Å². The van der Waals surface area contributed by atoms with Crippen LogP contribution in [0, 0.1) is 0 Å². The van der Waals surface area contributed by atoms with Crippen LogP contribution < -0.4 is 16.0 Å². The second kappa shape index (κ2) is 7.27. The van der Waals surface area contributed by atoms with E-state index in [4.69, 9.17) is 5.73 Å². The summed E-state index contributed by atoms with van der Waals surface area (Å²) >= 11 is 0. The van der Waals surface area contributed by atoms with E-state index in [1.54, 1.807) is 11.0 Å². The van der Waals surface area contributed by atoms with Crippen LogP contribution in [0.25, 0.3) is 0 Å². The highest BCUT2D eigenvalue weighted by Crippen LogP contribution is 2.24. The topological polar surface area (TPSA) is 75.4 Å². The van der Waals surface area contributed by atoms with Gasteiger partial charge in [-0.05, 0) is 36.6 Å². The zero-order chi connectivity index (χ0) is 16.9. The lowest BCUT2D eigenvalue weighted by Crippen LogP contribution is -2.37. The van der Waals surface area contributed by atoms with E-state index in [1.165, 1.54) is 0 Å². The molecule has 0 spiro atoms. The molecule has 1 fully saturated rings. The molecule has 0 saturated carbocycles. The minimum absolute atomic E-state index is 0.124. The average Bonchev–Trinajstić information content (AvgIpc) is 3.02. The molecule has 0 aromatic heterocycles. The fourth-order valence-electron chi connectivity index (χ4n) is 2.87. The van der Waals surface area contributed by atoms with Crippen LogP contribution in [0.3, 0.4) is 0 Å². The number of carbonyl (C=O) groups excluding carboxylic acids is 2. The third-order valence-electron chi connectivity index (χ3n) is 4.13. The number of nitrogens with two attached hydrogens (primary N) is 1. The van der Waals surface area contributed by atoms with Gasteiger partial charge in [0.2, 0.25) is 11.8 Å². The van der Waals surface area contributed by atoms with Crippen molar-refractivity contribution in [3.63, 3.8) is 0 Å². The highest BCUT2D eigenvalue weighted by atomic mass is 16.2.